The number of alkyl halides is 1. The quantitative estimate of drug-likeness (QED) is 0.162. The number of rotatable bonds is 7. The van der Waals surface area contributed by atoms with Crippen LogP contribution in [-0.2, 0) is 0 Å². The monoisotopic (exact) mass is 621 g/mol. The van der Waals surface area contributed by atoms with Crippen LogP contribution >= 0.6 is 22.9 Å². The highest BCUT2D eigenvalue weighted by Gasteiger charge is 2.63. The zero-order valence-corrected chi connectivity index (χ0v) is 28.5. The maximum absolute atomic E-state index is 7.20. The molecule has 2 heterocycles. The summed E-state index contributed by atoms with van der Waals surface area (Å²) in [7, 11) is 0. The fourth-order valence-corrected chi connectivity index (χ4v) is 12.3. The highest BCUT2D eigenvalue weighted by atomic mass is 35.5. The third-order valence-electron chi connectivity index (χ3n) is 13.3. The normalized spacial score (nSPS) is 38.2. The maximum Gasteiger partial charge on any atom is 0.204 e. The van der Waals surface area contributed by atoms with E-state index in [1.54, 1.807) is 11.3 Å². The first-order valence-electron chi connectivity index (χ1n) is 17.3. The molecule has 0 saturated heterocycles. The molecular formula is C36H52ClN5S. The van der Waals surface area contributed by atoms with Gasteiger partial charge in [0.05, 0.1) is 17.1 Å². The minimum absolute atomic E-state index is 0.242. The molecule has 2 N–H and O–H groups in total. The van der Waals surface area contributed by atoms with Crippen LogP contribution in [0, 0.1) is 52.3 Å². The number of para-hydroxylation sites is 2. The molecule has 5 nitrogen and oxygen atoms in total. The van der Waals surface area contributed by atoms with E-state index >= 15 is 0 Å². The average molecular weight is 622 g/mol. The molecule has 3 aromatic rings. The molecule has 234 valence electrons. The van der Waals surface area contributed by atoms with Crippen molar-refractivity contribution >= 4 is 49.6 Å². The predicted molar refractivity (Wildman–Crippen MR) is 181 cm³/mol. The van der Waals surface area contributed by atoms with Gasteiger partial charge in [-0.3, -0.25) is 5.01 Å². The van der Waals surface area contributed by atoms with E-state index in [0.717, 1.165) is 69.3 Å². The molecule has 4 saturated carbocycles. The Bertz CT molecular complexity index is 1410. The van der Waals surface area contributed by atoms with Crippen LogP contribution in [0.4, 0.5) is 5.13 Å². The first-order chi connectivity index (χ1) is 20.6. The van der Waals surface area contributed by atoms with Crippen LogP contribution in [-0.4, -0.2) is 26.4 Å². The van der Waals surface area contributed by atoms with Gasteiger partial charge in [0, 0.05) is 5.38 Å². The van der Waals surface area contributed by atoms with Gasteiger partial charge >= 0.3 is 0 Å². The van der Waals surface area contributed by atoms with Gasteiger partial charge in [0.15, 0.2) is 10.5 Å². The Kier molecular flexibility index (Phi) is 7.99. The smallest absolute Gasteiger partial charge is 0.204 e. The Morgan fingerprint density at radius 1 is 0.907 bits per heavy atom. The number of fused-ring (bicyclic) bond motifs is 7. The van der Waals surface area contributed by atoms with Gasteiger partial charge in [-0.25, -0.2) is 15.8 Å². The van der Waals surface area contributed by atoms with Crippen LogP contribution in [0.3, 0.4) is 0 Å². The number of benzene rings is 1. The third kappa shape index (κ3) is 5.10. The van der Waals surface area contributed by atoms with Gasteiger partial charge in [0.25, 0.3) is 0 Å². The third-order valence-corrected chi connectivity index (χ3v) is 14.7. The molecule has 43 heavy (non-hydrogen) atoms. The van der Waals surface area contributed by atoms with Gasteiger partial charge in [-0.15, -0.1) is 11.6 Å². The van der Waals surface area contributed by atoms with Crippen molar-refractivity contribution in [1.29, 1.82) is 0 Å². The van der Waals surface area contributed by atoms with Crippen molar-refractivity contribution in [3.63, 3.8) is 0 Å². The van der Waals surface area contributed by atoms with Gasteiger partial charge in [-0.1, -0.05) is 77.4 Å². The molecule has 7 rings (SSSR count). The SMILES string of the molecule is CC(C)CCC[C@@H](C)[C@H]1CC[C@H]2[C@@H]3CC(N(N)c4nc5nc6ccccc6nc5s4)C4CC(Cl)CC[C@]4(C)[C@H]3CC[C@]12C. The van der Waals surface area contributed by atoms with Crippen LogP contribution in [0.15, 0.2) is 24.3 Å². The molecule has 0 amide bonds. The number of nitrogens with zero attached hydrogens (tertiary/aromatic N) is 4. The van der Waals surface area contributed by atoms with E-state index in [4.69, 9.17) is 32.4 Å². The summed E-state index contributed by atoms with van der Waals surface area (Å²) in [5, 5.41) is 3.15. The number of aromatic nitrogens is 3. The predicted octanol–water partition coefficient (Wildman–Crippen LogP) is 9.63. The summed E-state index contributed by atoms with van der Waals surface area (Å²) in [5.41, 5.74) is 3.24. The fourth-order valence-electron chi connectivity index (χ4n) is 11.2. The Labute approximate surface area is 267 Å². The summed E-state index contributed by atoms with van der Waals surface area (Å²) in [6.07, 6.45) is 14.3. The summed E-state index contributed by atoms with van der Waals surface area (Å²) in [5.74, 6) is 12.5. The van der Waals surface area contributed by atoms with E-state index in [2.05, 4.69) is 39.6 Å². The van der Waals surface area contributed by atoms with Crippen LogP contribution in [0.25, 0.3) is 21.5 Å². The fraction of sp³-hybridized carbons (Fsp3) is 0.750. The van der Waals surface area contributed by atoms with Gasteiger partial charge < -0.3 is 0 Å². The number of hydrazine groups is 1. The number of hydrogen-bond donors (Lipinski definition) is 1. The van der Waals surface area contributed by atoms with Crippen molar-refractivity contribution in [3.8, 4) is 0 Å². The molecule has 2 aromatic heterocycles. The van der Waals surface area contributed by atoms with Gasteiger partial charge in [0.2, 0.25) is 5.13 Å². The Hall–Kier alpha value is -1.50. The average Bonchev–Trinajstić information content (AvgIpc) is 3.56. The van der Waals surface area contributed by atoms with Crippen molar-refractivity contribution in [3.05, 3.63) is 24.3 Å². The molecule has 7 heteroatoms. The summed E-state index contributed by atoms with van der Waals surface area (Å²) in [6.45, 7) is 12.6. The highest BCUT2D eigenvalue weighted by Crippen LogP contribution is 2.69. The van der Waals surface area contributed by atoms with Crippen molar-refractivity contribution in [2.45, 2.75) is 117 Å². The van der Waals surface area contributed by atoms with Crippen LogP contribution < -0.4 is 10.9 Å². The van der Waals surface area contributed by atoms with E-state index in [-0.39, 0.29) is 16.8 Å². The van der Waals surface area contributed by atoms with Crippen molar-refractivity contribution < 1.29 is 0 Å². The van der Waals surface area contributed by atoms with Gasteiger partial charge in [0.1, 0.15) is 0 Å². The van der Waals surface area contributed by atoms with E-state index in [1.807, 2.05) is 24.3 Å². The van der Waals surface area contributed by atoms with Crippen LogP contribution in [0.5, 0.6) is 0 Å². The van der Waals surface area contributed by atoms with Crippen molar-refractivity contribution in [2.75, 3.05) is 5.01 Å². The van der Waals surface area contributed by atoms with E-state index in [0.29, 0.717) is 17.0 Å². The second kappa shape index (κ2) is 11.4. The molecule has 4 aliphatic rings. The Balaban J connectivity index is 1.19. The lowest BCUT2D eigenvalue weighted by Gasteiger charge is -2.64. The summed E-state index contributed by atoms with van der Waals surface area (Å²) in [6, 6.07) is 8.30. The molecule has 0 radical (unpaired) electrons. The molecular weight excluding hydrogens is 570 g/mol. The van der Waals surface area contributed by atoms with Gasteiger partial charge in [-0.05, 0) is 116 Å². The minimum atomic E-state index is 0.242. The second-order valence-electron chi connectivity index (χ2n) is 15.9. The lowest BCUT2D eigenvalue weighted by atomic mass is 9.43. The molecule has 0 aliphatic heterocycles. The Morgan fingerprint density at radius 3 is 2.40 bits per heavy atom. The lowest BCUT2D eigenvalue weighted by Crippen LogP contribution is -2.63. The zero-order valence-electron chi connectivity index (χ0n) is 26.9. The largest absolute Gasteiger partial charge is 0.283 e. The first-order valence-corrected chi connectivity index (χ1v) is 18.5. The molecule has 0 bridgehead atoms. The van der Waals surface area contributed by atoms with Crippen molar-refractivity contribution in [2.24, 2.45) is 58.1 Å². The molecule has 3 unspecified atom stereocenters. The van der Waals surface area contributed by atoms with Crippen molar-refractivity contribution in [1.82, 2.24) is 15.0 Å². The number of nitrogens with two attached hydrogens (primary N) is 1. The standard InChI is InChI=1S/C36H52ClN5S/c1-21(2)9-8-10-22(3)25-13-14-26-24-20-31(28-19-23(37)15-17-36(28,5)27(24)16-18-35(25,26)4)42(38)34-41-32-33(43-34)40-30-12-7-6-11-29(30)39-32/h6-7,11-12,21-28,31H,8-10,13-20,38H2,1-5H3/t22-,23?,24+,25-,26+,27+,28?,31?,35-,36-/m1/s1. The summed E-state index contributed by atoms with van der Waals surface area (Å²) < 4.78 is 0. The molecule has 0 spiro atoms. The summed E-state index contributed by atoms with van der Waals surface area (Å²) >= 11 is 8.55. The molecule has 1 aromatic carbocycles. The minimum Gasteiger partial charge on any atom is -0.283 e. The number of halogens is 1. The number of thiazole rings is 1. The van der Waals surface area contributed by atoms with E-state index < -0.39 is 0 Å². The lowest BCUT2D eigenvalue weighted by molar-refractivity contribution is -0.122. The van der Waals surface area contributed by atoms with E-state index in [9.17, 15) is 0 Å². The highest BCUT2D eigenvalue weighted by molar-refractivity contribution is 7.21. The molecule has 10 atom stereocenters. The van der Waals surface area contributed by atoms with Gasteiger partial charge in [-0.2, -0.15) is 4.98 Å². The second-order valence-corrected chi connectivity index (χ2v) is 17.5. The Morgan fingerprint density at radius 2 is 1.63 bits per heavy atom. The summed E-state index contributed by atoms with van der Waals surface area (Å²) in [4.78, 5) is 15.6. The van der Waals surface area contributed by atoms with Crippen LogP contribution in [0.1, 0.15) is 105 Å². The van der Waals surface area contributed by atoms with E-state index in [1.165, 1.54) is 57.8 Å². The first kappa shape index (κ1) is 30.2. The maximum atomic E-state index is 7.20. The zero-order chi connectivity index (χ0) is 30.1. The number of hydrogen-bond acceptors (Lipinski definition) is 6. The topological polar surface area (TPSA) is 67.9 Å². The molecule has 4 fully saturated rings. The molecule has 4 aliphatic carbocycles. The van der Waals surface area contributed by atoms with Crippen LogP contribution in [0.2, 0.25) is 0 Å². The number of anilines is 1.